The van der Waals surface area contributed by atoms with Gasteiger partial charge in [0, 0.05) is 19.3 Å². The monoisotopic (exact) mass is 1040 g/mol. The lowest BCUT2D eigenvalue weighted by atomic mass is 10.0. The summed E-state index contributed by atoms with van der Waals surface area (Å²) in [5, 5.41) is 0. The van der Waals surface area contributed by atoms with Gasteiger partial charge in [-0.3, -0.25) is 14.4 Å². The molecule has 1 atom stereocenters. The molecule has 0 bridgehead atoms. The van der Waals surface area contributed by atoms with Crippen molar-refractivity contribution in [3.05, 3.63) is 97.2 Å². The van der Waals surface area contributed by atoms with Crippen molar-refractivity contribution < 1.29 is 28.6 Å². The molecule has 0 fully saturated rings. The molecule has 0 aromatic carbocycles. The molecule has 0 aliphatic carbocycles. The molecule has 1 unspecified atom stereocenters. The number of esters is 3. The lowest BCUT2D eigenvalue weighted by Crippen LogP contribution is -2.30. The van der Waals surface area contributed by atoms with E-state index in [1.807, 2.05) is 0 Å². The summed E-state index contributed by atoms with van der Waals surface area (Å²) in [7, 11) is 0. The molecule has 430 valence electrons. The minimum Gasteiger partial charge on any atom is -0.462 e. The minimum absolute atomic E-state index is 0.0766. The molecule has 0 saturated heterocycles. The van der Waals surface area contributed by atoms with Gasteiger partial charge in [-0.2, -0.15) is 0 Å². The molecule has 0 saturated carbocycles. The van der Waals surface area contributed by atoms with E-state index in [0.29, 0.717) is 19.3 Å². The topological polar surface area (TPSA) is 78.9 Å². The predicted molar refractivity (Wildman–Crippen MR) is 325 cm³/mol. The first-order chi connectivity index (χ1) is 37.0. The summed E-state index contributed by atoms with van der Waals surface area (Å²) in [6, 6.07) is 0. The lowest BCUT2D eigenvalue weighted by molar-refractivity contribution is -0.167. The van der Waals surface area contributed by atoms with E-state index in [9.17, 15) is 14.4 Å². The van der Waals surface area contributed by atoms with Gasteiger partial charge < -0.3 is 14.2 Å². The Balaban J connectivity index is 4.09. The first-order valence-corrected chi connectivity index (χ1v) is 31.7. The standard InChI is InChI=1S/C69H118O6/c1-4-7-10-13-16-18-20-22-24-26-28-29-30-31-32-33-34-35-36-37-38-39-40-41-42-44-45-47-49-51-53-56-59-62-68(71)74-65-66(64-73-67(70)61-58-55-15-12-9-6-3)75-69(72)63-60-57-54-52-50-48-46-43-27-25-23-21-19-17-14-11-8-5-2/h7,10,16,18,22,24,28-29,31-32,34-35,37-38,40-41,66H,4-6,8-9,11-15,17,19-21,23,25-27,30,33,36,39,42-65H2,1-3H3/b10-7-,18-16-,24-22-,29-28-,32-31-,35-34-,38-37-,41-40-. The van der Waals surface area contributed by atoms with Crippen LogP contribution in [0.2, 0.25) is 0 Å². The van der Waals surface area contributed by atoms with Crippen LogP contribution in [0.25, 0.3) is 0 Å². The second-order valence-electron chi connectivity index (χ2n) is 21.0. The summed E-state index contributed by atoms with van der Waals surface area (Å²) in [5.74, 6) is -0.885. The van der Waals surface area contributed by atoms with Crippen molar-refractivity contribution in [3.63, 3.8) is 0 Å². The van der Waals surface area contributed by atoms with E-state index in [1.54, 1.807) is 0 Å². The van der Waals surface area contributed by atoms with Crippen LogP contribution in [0.3, 0.4) is 0 Å². The molecule has 6 nitrogen and oxygen atoms in total. The fraction of sp³-hybridized carbons (Fsp3) is 0.725. The van der Waals surface area contributed by atoms with Crippen molar-refractivity contribution in [1.82, 2.24) is 0 Å². The maximum absolute atomic E-state index is 12.8. The van der Waals surface area contributed by atoms with Crippen molar-refractivity contribution in [2.45, 2.75) is 309 Å². The third kappa shape index (κ3) is 61.1. The summed E-state index contributed by atoms with van der Waals surface area (Å²) >= 11 is 0. The minimum atomic E-state index is -0.776. The molecule has 0 amide bonds. The van der Waals surface area contributed by atoms with Crippen LogP contribution in [0, 0.1) is 0 Å². The van der Waals surface area contributed by atoms with E-state index in [1.165, 1.54) is 148 Å². The Morgan fingerprint density at radius 3 is 0.813 bits per heavy atom. The summed E-state index contributed by atoms with van der Waals surface area (Å²) in [6.07, 6.45) is 84.5. The molecule has 0 rings (SSSR count). The molecule has 0 aromatic rings. The Kier molecular flexibility index (Phi) is 59.8. The number of ether oxygens (including phenoxy) is 3. The zero-order valence-corrected chi connectivity index (χ0v) is 49.3. The number of carbonyl (C=O) groups excluding carboxylic acids is 3. The van der Waals surface area contributed by atoms with E-state index < -0.39 is 6.10 Å². The Morgan fingerprint density at radius 1 is 0.280 bits per heavy atom. The number of allylic oxidation sites excluding steroid dienone is 16. The van der Waals surface area contributed by atoms with Crippen LogP contribution >= 0.6 is 0 Å². The normalized spacial score (nSPS) is 12.7. The van der Waals surface area contributed by atoms with Gasteiger partial charge in [-0.25, -0.2) is 0 Å². The van der Waals surface area contributed by atoms with E-state index >= 15 is 0 Å². The van der Waals surface area contributed by atoms with Crippen LogP contribution in [-0.4, -0.2) is 37.2 Å². The van der Waals surface area contributed by atoms with Crippen molar-refractivity contribution in [2.24, 2.45) is 0 Å². The molecule has 0 heterocycles. The van der Waals surface area contributed by atoms with E-state index in [-0.39, 0.29) is 31.1 Å². The quantitative estimate of drug-likeness (QED) is 0.0261. The highest BCUT2D eigenvalue weighted by molar-refractivity contribution is 5.71. The summed E-state index contributed by atoms with van der Waals surface area (Å²) in [6.45, 7) is 6.49. The number of rotatable bonds is 57. The maximum atomic E-state index is 12.8. The third-order valence-corrected chi connectivity index (χ3v) is 13.6. The van der Waals surface area contributed by atoms with Crippen molar-refractivity contribution in [3.8, 4) is 0 Å². The SMILES string of the molecule is CC/C=C\C/C=C\C/C=C\C/C=C\C/C=C\C/C=C\C/C=C\C/C=C\CCCCCCCCCCC(=O)OCC(COC(=O)CCCCCCCC)OC(=O)CCCCCCCCCCCCCCCCCCCC. The largest absolute Gasteiger partial charge is 0.462 e. The van der Waals surface area contributed by atoms with Gasteiger partial charge in [0.05, 0.1) is 0 Å². The van der Waals surface area contributed by atoms with Gasteiger partial charge in [0.1, 0.15) is 13.2 Å². The molecule has 0 aliphatic heterocycles. The molecule has 0 spiro atoms. The molecule has 0 N–H and O–H groups in total. The summed E-state index contributed by atoms with van der Waals surface area (Å²) in [4.78, 5) is 38.0. The molecule has 75 heavy (non-hydrogen) atoms. The fourth-order valence-corrected chi connectivity index (χ4v) is 8.87. The average molecular weight is 1040 g/mol. The molecular formula is C69H118O6. The zero-order chi connectivity index (χ0) is 54.3. The highest BCUT2D eigenvalue weighted by atomic mass is 16.6. The predicted octanol–water partition coefficient (Wildman–Crippen LogP) is 21.7. The average Bonchev–Trinajstić information content (AvgIpc) is 3.41. The molecule has 0 radical (unpaired) electrons. The Labute approximate surface area is 464 Å². The van der Waals surface area contributed by atoms with Gasteiger partial charge in [0.25, 0.3) is 0 Å². The van der Waals surface area contributed by atoms with Crippen molar-refractivity contribution in [1.29, 1.82) is 0 Å². The van der Waals surface area contributed by atoms with Crippen LogP contribution in [0.5, 0.6) is 0 Å². The summed E-state index contributed by atoms with van der Waals surface area (Å²) in [5.41, 5.74) is 0. The lowest BCUT2D eigenvalue weighted by Gasteiger charge is -2.18. The number of hydrogen-bond acceptors (Lipinski definition) is 6. The van der Waals surface area contributed by atoms with Crippen LogP contribution in [-0.2, 0) is 28.6 Å². The zero-order valence-electron chi connectivity index (χ0n) is 49.3. The second kappa shape index (κ2) is 62.9. The first-order valence-electron chi connectivity index (χ1n) is 31.7. The van der Waals surface area contributed by atoms with E-state index in [4.69, 9.17) is 14.2 Å². The van der Waals surface area contributed by atoms with Crippen molar-refractivity contribution >= 4 is 17.9 Å². The van der Waals surface area contributed by atoms with Crippen LogP contribution in [0.4, 0.5) is 0 Å². The van der Waals surface area contributed by atoms with Gasteiger partial charge >= 0.3 is 17.9 Å². The molecular weight excluding hydrogens is 925 g/mol. The summed E-state index contributed by atoms with van der Waals surface area (Å²) < 4.78 is 16.8. The Bertz CT molecular complexity index is 1480. The highest BCUT2D eigenvalue weighted by Crippen LogP contribution is 2.16. The van der Waals surface area contributed by atoms with Crippen molar-refractivity contribution in [2.75, 3.05) is 13.2 Å². The van der Waals surface area contributed by atoms with Gasteiger partial charge in [-0.15, -0.1) is 0 Å². The van der Waals surface area contributed by atoms with Gasteiger partial charge in [-0.05, 0) is 83.5 Å². The number of hydrogen-bond donors (Lipinski definition) is 0. The highest BCUT2D eigenvalue weighted by Gasteiger charge is 2.19. The van der Waals surface area contributed by atoms with Gasteiger partial charge in [0.15, 0.2) is 6.10 Å². The molecule has 0 aliphatic rings. The maximum Gasteiger partial charge on any atom is 0.306 e. The number of carbonyl (C=O) groups is 3. The first kappa shape index (κ1) is 71.3. The Morgan fingerprint density at radius 2 is 0.520 bits per heavy atom. The smallest absolute Gasteiger partial charge is 0.306 e. The van der Waals surface area contributed by atoms with Crippen LogP contribution in [0.15, 0.2) is 97.2 Å². The van der Waals surface area contributed by atoms with Crippen LogP contribution < -0.4 is 0 Å². The van der Waals surface area contributed by atoms with E-state index in [2.05, 4.69) is 118 Å². The fourth-order valence-electron chi connectivity index (χ4n) is 8.87. The third-order valence-electron chi connectivity index (χ3n) is 13.6. The Hall–Kier alpha value is -3.67. The van der Waals surface area contributed by atoms with E-state index in [0.717, 1.165) is 116 Å². The second-order valence-corrected chi connectivity index (χ2v) is 21.0. The van der Waals surface area contributed by atoms with Gasteiger partial charge in [0.2, 0.25) is 0 Å². The number of unbranched alkanes of at least 4 members (excludes halogenated alkanes) is 30. The van der Waals surface area contributed by atoms with Crippen LogP contribution in [0.1, 0.15) is 303 Å². The molecule has 6 heteroatoms. The van der Waals surface area contributed by atoms with Gasteiger partial charge in [-0.1, -0.05) is 298 Å². The molecule has 0 aromatic heterocycles.